The molecule has 3 atom stereocenters. The van der Waals surface area contributed by atoms with E-state index in [4.69, 9.17) is 10.5 Å². The Kier molecular flexibility index (Phi) is 5.02. The molecule has 4 heteroatoms. The Morgan fingerprint density at radius 3 is 2.42 bits per heavy atom. The Hall–Kier alpha value is -1.65. The van der Waals surface area contributed by atoms with E-state index in [2.05, 4.69) is 19.9 Å². The van der Waals surface area contributed by atoms with Crippen molar-refractivity contribution < 1.29 is 14.6 Å². The predicted octanol–water partition coefficient (Wildman–Crippen LogP) is 4.15. The van der Waals surface area contributed by atoms with Gasteiger partial charge in [0, 0.05) is 18.4 Å². The maximum atomic E-state index is 12.0. The van der Waals surface area contributed by atoms with Gasteiger partial charge in [-0.15, -0.1) is 0 Å². The van der Waals surface area contributed by atoms with Gasteiger partial charge in [-0.05, 0) is 67.4 Å². The van der Waals surface area contributed by atoms with Crippen molar-refractivity contribution in [2.24, 2.45) is 11.1 Å². The molecule has 0 bridgehead atoms. The monoisotopic (exact) mass is 357 g/mol. The van der Waals surface area contributed by atoms with Gasteiger partial charge in [-0.2, -0.15) is 0 Å². The maximum absolute atomic E-state index is 12.0. The molecule has 1 fully saturated rings. The number of hydrogen-bond acceptors (Lipinski definition) is 3. The number of aliphatic hydroxyl groups is 1. The van der Waals surface area contributed by atoms with E-state index in [0.717, 1.165) is 36.0 Å². The summed E-state index contributed by atoms with van der Waals surface area (Å²) in [6.45, 7) is 8.51. The average Bonchev–Trinajstić information content (AvgIpc) is 2.53. The first-order valence-corrected chi connectivity index (χ1v) is 9.61. The Balaban J connectivity index is 2.02. The summed E-state index contributed by atoms with van der Waals surface area (Å²) in [5.41, 5.74) is 8.42. The van der Waals surface area contributed by atoms with Gasteiger partial charge in [0.25, 0.3) is 0 Å². The summed E-state index contributed by atoms with van der Waals surface area (Å²) in [5.74, 6) is -0.419. The molecule has 1 aromatic carbocycles. The van der Waals surface area contributed by atoms with Crippen molar-refractivity contribution in [3.8, 4) is 0 Å². The summed E-state index contributed by atoms with van der Waals surface area (Å²) < 4.78 is 5.79. The molecule has 1 heterocycles. The van der Waals surface area contributed by atoms with E-state index in [0.29, 0.717) is 18.4 Å². The number of benzene rings is 1. The second kappa shape index (κ2) is 6.82. The van der Waals surface area contributed by atoms with Gasteiger partial charge >= 0.3 is 0 Å². The largest absolute Gasteiger partial charge is 0.385 e. The Bertz CT molecular complexity index is 725. The van der Waals surface area contributed by atoms with Crippen LogP contribution in [0, 0.1) is 5.41 Å². The topological polar surface area (TPSA) is 72.5 Å². The number of amides is 1. The van der Waals surface area contributed by atoms with E-state index in [-0.39, 0.29) is 17.6 Å². The van der Waals surface area contributed by atoms with E-state index in [1.807, 2.05) is 26.0 Å². The number of carbonyl (C=O) groups excluding carboxylic acids is 1. The standard InChI is InChI=1S/C22H31NO3/c1-14-12-22(25,13-15(2)26-14)17-5-6-18(20(23)24)19(11-17)16-7-9-21(3,4)10-8-16/h5-7,11,14-15,25H,8-10,12-13H2,1-4H3,(H2,23,24)/t14-,15+,22?. The molecular weight excluding hydrogens is 326 g/mol. The summed E-state index contributed by atoms with van der Waals surface area (Å²) in [6.07, 6.45) is 6.32. The van der Waals surface area contributed by atoms with Gasteiger partial charge in [-0.3, -0.25) is 4.79 Å². The van der Waals surface area contributed by atoms with Crippen molar-refractivity contribution >= 4 is 11.5 Å². The van der Waals surface area contributed by atoms with Crippen LogP contribution in [0.25, 0.3) is 5.57 Å². The third-order valence-corrected chi connectivity index (χ3v) is 5.86. The molecule has 1 aliphatic carbocycles. The van der Waals surface area contributed by atoms with Crippen molar-refractivity contribution in [2.75, 3.05) is 0 Å². The number of ether oxygens (including phenoxy) is 1. The van der Waals surface area contributed by atoms with Crippen molar-refractivity contribution in [1.82, 2.24) is 0 Å². The second-order valence-electron chi connectivity index (χ2n) is 8.92. The highest BCUT2D eigenvalue weighted by molar-refractivity contribution is 5.98. The lowest BCUT2D eigenvalue weighted by molar-refractivity contribution is -0.135. The SMILES string of the molecule is C[C@@H]1CC(O)(c2ccc(C(N)=O)c(C3=CCC(C)(C)CC3)c2)C[C@H](C)O1. The van der Waals surface area contributed by atoms with E-state index in [9.17, 15) is 9.90 Å². The quantitative estimate of drug-likeness (QED) is 0.853. The van der Waals surface area contributed by atoms with Crippen molar-refractivity contribution in [3.05, 3.63) is 41.0 Å². The van der Waals surface area contributed by atoms with Crippen molar-refractivity contribution in [1.29, 1.82) is 0 Å². The number of nitrogens with two attached hydrogens (primary N) is 1. The molecule has 4 nitrogen and oxygen atoms in total. The molecule has 142 valence electrons. The first kappa shape index (κ1) is 19.1. The van der Waals surface area contributed by atoms with Crippen LogP contribution < -0.4 is 5.73 Å². The van der Waals surface area contributed by atoms with Crippen molar-refractivity contribution in [2.45, 2.75) is 77.6 Å². The molecule has 3 N–H and O–H groups in total. The fraction of sp³-hybridized carbons (Fsp3) is 0.591. The van der Waals surface area contributed by atoms with Crippen LogP contribution in [0.3, 0.4) is 0 Å². The first-order valence-electron chi connectivity index (χ1n) is 9.61. The number of carbonyl (C=O) groups is 1. The number of rotatable bonds is 3. The van der Waals surface area contributed by atoms with Gasteiger partial charge in [-0.1, -0.05) is 26.0 Å². The Morgan fingerprint density at radius 1 is 1.23 bits per heavy atom. The second-order valence-corrected chi connectivity index (χ2v) is 8.92. The van der Waals surface area contributed by atoms with Crippen LogP contribution in [0.1, 0.15) is 81.3 Å². The summed E-state index contributed by atoms with van der Waals surface area (Å²) in [4.78, 5) is 12.0. The highest BCUT2D eigenvalue weighted by Gasteiger charge is 2.39. The summed E-state index contributed by atoms with van der Waals surface area (Å²) >= 11 is 0. The zero-order chi connectivity index (χ0) is 19.1. The molecule has 3 rings (SSSR count). The fourth-order valence-corrected chi connectivity index (χ4v) is 4.40. The third-order valence-electron chi connectivity index (χ3n) is 5.86. The van der Waals surface area contributed by atoms with Gasteiger partial charge in [-0.25, -0.2) is 0 Å². The number of hydrogen-bond donors (Lipinski definition) is 2. The van der Waals surface area contributed by atoms with Crippen LogP contribution >= 0.6 is 0 Å². The van der Waals surface area contributed by atoms with Gasteiger partial charge in [0.05, 0.1) is 17.8 Å². The van der Waals surface area contributed by atoms with Gasteiger partial charge < -0.3 is 15.6 Å². The van der Waals surface area contributed by atoms with E-state index in [1.54, 1.807) is 6.07 Å². The molecule has 2 aliphatic rings. The molecule has 1 aliphatic heterocycles. The van der Waals surface area contributed by atoms with Gasteiger partial charge in [0.2, 0.25) is 5.91 Å². The lowest BCUT2D eigenvalue weighted by Gasteiger charge is -2.40. The van der Waals surface area contributed by atoms with E-state index < -0.39 is 11.5 Å². The zero-order valence-corrected chi connectivity index (χ0v) is 16.3. The molecule has 1 unspecified atom stereocenters. The molecule has 1 aromatic rings. The lowest BCUT2D eigenvalue weighted by atomic mass is 9.75. The minimum absolute atomic E-state index is 0.00212. The normalized spacial score (nSPS) is 31.3. The van der Waals surface area contributed by atoms with Crippen LogP contribution in [0.2, 0.25) is 0 Å². The molecule has 0 saturated carbocycles. The molecule has 26 heavy (non-hydrogen) atoms. The van der Waals surface area contributed by atoms with E-state index in [1.165, 1.54) is 0 Å². The highest BCUT2D eigenvalue weighted by atomic mass is 16.5. The third kappa shape index (κ3) is 3.86. The van der Waals surface area contributed by atoms with Crippen LogP contribution in [0.5, 0.6) is 0 Å². The smallest absolute Gasteiger partial charge is 0.249 e. The van der Waals surface area contributed by atoms with Crippen LogP contribution in [0.15, 0.2) is 24.3 Å². The van der Waals surface area contributed by atoms with Crippen LogP contribution in [-0.2, 0) is 10.3 Å². The van der Waals surface area contributed by atoms with Gasteiger partial charge in [0.1, 0.15) is 0 Å². The molecule has 0 spiro atoms. The maximum Gasteiger partial charge on any atom is 0.249 e. The Labute approximate surface area is 156 Å². The number of allylic oxidation sites excluding steroid dienone is 2. The zero-order valence-electron chi connectivity index (χ0n) is 16.3. The number of primary amides is 1. The minimum Gasteiger partial charge on any atom is -0.385 e. The highest BCUT2D eigenvalue weighted by Crippen LogP contribution is 2.42. The molecular formula is C22H31NO3. The van der Waals surface area contributed by atoms with Crippen LogP contribution in [0.4, 0.5) is 0 Å². The summed E-state index contributed by atoms with van der Waals surface area (Å²) in [5, 5.41) is 11.3. The summed E-state index contributed by atoms with van der Waals surface area (Å²) in [7, 11) is 0. The Morgan fingerprint density at radius 2 is 1.88 bits per heavy atom. The van der Waals surface area contributed by atoms with Crippen molar-refractivity contribution in [3.63, 3.8) is 0 Å². The minimum atomic E-state index is -0.934. The molecule has 0 aromatic heterocycles. The van der Waals surface area contributed by atoms with E-state index >= 15 is 0 Å². The first-order chi connectivity index (χ1) is 12.1. The fourth-order valence-electron chi connectivity index (χ4n) is 4.40. The predicted molar refractivity (Wildman–Crippen MR) is 104 cm³/mol. The van der Waals surface area contributed by atoms with Crippen LogP contribution in [-0.4, -0.2) is 23.2 Å². The average molecular weight is 357 g/mol. The summed E-state index contributed by atoms with van der Waals surface area (Å²) in [6, 6.07) is 5.60. The molecule has 0 radical (unpaired) electrons. The lowest BCUT2D eigenvalue weighted by Crippen LogP contribution is -2.41. The molecule has 1 amide bonds. The molecule has 1 saturated heterocycles. The van der Waals surface area contributed by atoms with Gasteiger partial charge in [0.15, 0.2) is 0 Å².